The van der Waals surface area contributed by atoms with E-state index in [4.69, 9.17) is 11.6 Å². The second kappa shape index (κ2) is 15.0. The first-order valence-electron chi connectivity index (χ1n) is 11.4. The summed E-state index contributed by atoms with van der Waals surface area (Å²) >= 11 is 5.40. The Labute approximate surface area is 211 Å². The highest BCUT2D eigenvalue weighted by atomic mass is 35.5. The van der Waals surface area contributed by atoms with E-state index in [1.807, 2.05) is 52.0 Å². The monoisotopic (exact) mass is 509 g/mol. The summed E-state index contributed by atoms with van der Waals surface area (Å²) in [5, 5.41) is 13.0. The lowest BCUT2D eigenvalue weighted by Crippen LogP contribution is -2.50. The summed E-state index contributed by atoms with van der Waals surface area (Å²) in [6, 6.07) is 6.65. The van der Waals surface area contributed by atoms with Crippen molar-refractivity contribution in [3.05, 3.63) is 35.4 Å². The van der Waals surface area contributed by atoms with Crippen molar-refractivity contribution in [1.82, 2.24) is 26.6 Å². The van der Waals surface area contributed by atoms with Crippen LogP contribution in [0.5, 0.6) is 0 Å². The first kappa shape index (κ1) is 29.9. The van der Waals surface area contributed by atoms with E-state index >= 15 is 0 Å². The summed E-state index contributed by atoms with van der Waals surface area (Å²) in [6.45, 7) is 7.56. The highest BCUT2D eigenvalue weighted by molar-refractivity contribution is 6.27. The van der Waals surface area contributed by atoms with E-state index in [0.29, 0.717) is 6.54 Å². The normalized spacial score (nSPS) is 11.7. The Morgan fingerprint density at radius 3 is 2.11 bits per heavy atom. The summed E-state index contributed by atoms with van der Waals surface area (Å²) in [7, 11) is 0. The maximum Gasteiger partial charge on any atom is 0.243 e. The van der Waals surface area contributed by atoms with Crippen molar-refractivity contribution in [1.29, 1.82) is 0 Å². The van der Waals surface area contributed by atoms with E-state index < -0.39 is 35.2 Å². The van der Waals surface area contributed by atoms with Crippen LogP contribution in [0.15, 0.2) is 24.3 Å². The number of rotatable bonds is 13. The molecule has 10 nitrogen and oxygen atoms in total. The lowest BCUT2D eigenvalue weighted by molar-refractivity contribution is -0.131. The van der Waals surface area contributed by atoms with Crippen LogP contribution in [0.25, 0.3) is 0 Å². The molecule has 0 spiro atoms. The molecule has 1 atom stereocenters. The van der Waals surface area contributed by atoms with E-state index in [1.54, 1.807) is 0 Å². The van der Waals surface area contributed by atoms with Crippen LogP contribution < -0.4 is 26.6 Å². The third-order valence-electron chi connectivity index (χ3n) is 4.66. The van der Waals surface area contributed by atoms with Crippen LogP contribution in [0.4, 0.5) is 0 Å². The average Bonchev–Trinajstić information content (AvgIpc) is 2.78. The van der Waals surface area contributed by atoms with Crippen LogP contribution in [0, 0.1) is 6.92 Å². The van der Waals surface area contributed by atoms with Crippen molar-refractivity contribution in [2.24, 2.45) is 0 Å². The van der Waals surface area contributed by atoms with Gasteiger partial charge >= 0.3 is 0 Å². The Morgan fingerprint density at radius 1 is 0.857 bits per heavy atom. The second-order valence-corrected chi connectivity index (χ2v) is 9.44. The Morgan fingerprint density at radius 2 is 1.51 bits per heavy atom. The van der Waals surface area contributed by atoms with Gasteiger partial charge in [0.15, 0.2) is 0 Å². The van der Waals surface area contributed by atoms with Crippen molar-refractivity contribution in [3.63, 3.8) is 0 Å². The first-order chi connectivity index (χ1) is 16.4. The van der Waals surface area contributed by atoms with Crippen molar-refractivity contribution < 1.29 is 24.0 Å². The molecule has 0 aromatic heterocycles. The van der Waals surface area contributed by atoms with E-state index in [0.717, 1.165) is 11.1 Å². The molecule has 5 amide bonds. The number of benzene rings is 1. The fourth-order valence-corrected chi connectivity index (χ4v) is 3.01. The lowest BCUT2D eigenvalue weighted by atomic mass is 10.1. The summed E-state index contributed by atoms with van der Waals surface area (Å²) in [6.07, 6.45) is -0.0333. The fraction of sp³-hybridized carbons (Fsp3) is 0.542. The minimum Gasteiger partial charge on any atom is -0.355 e. The second-order valence-electron chi connectivity index (χ2n) is 9.17. The Bertz CT molecular complexity index is 883. The van der Waals surface area contributed by atoms with Crippen LogP contribution in [0.1, 0.15) is 51.2 Å². The highest BCUT2D eigenvalue weighted by Gasteiger charge is 2.23. The van der Waals surface area contributed by atoms with Crippen LogP contribution in [0.3, 0.4) is 0 Å². The number of hydrogen-bond acceptors (Lipinski definition) is 5. The summed E-state index contributed by atoms with van der Waals surface area (Å²) in [4.78, 5) is 60.5. The molecule has 35 heavy (non-hydrogen) atoms. The Balaban J connectivity index is 2.61. The SMILES string of the molecule is Cc1ccc(CNC(=O)CNC(=O)[C@H](CCC(=O)NC(C)(C)C)NC(=O)CCNC(=O)CCl)cc1. The predicted molar refractivity (Wildman–Crippen MR) is 133 cm³/mol. The van der Waals surface area contributed by atoms with E-state index in [1.165, 1.54) is 0 Å². The average molecular weight is 510 g/mol. The molecule has 0 aliphatic carbocycles. The van der Waals surface area contributed by atoms with Gasteiger partial charge in [0.2, 0.25) is 29.5 Å². The maximum absolute atomic E-state index is 12.7. The predicted octanol–water partition coefficient (Wildman–Crippen LogP) is 0.652. The highest BCUT2D eigenvalue weighted by Crippen LogP contribution is 2.04. The van der Waals surface area contributed by atoms with Crippen molar-refractivity contribution in [2.75, 3.05) is 19.0 Å². The molecule has 0 radical (unpaired) electrons. The summed E-state index contributed by atoms with van der Waals surface area (Å²) in [5.41, 5.74) is 1.60. The molecule has 0 fully saturated rings. The number of hydrogen-bond donors (Lipinski definition) is 5. The molecule has 0 aliphatic rings. The Hall–Kier alpha value is -3.14. The van der Waals surface area contributed by atoms with Crippen LogP contribution in [-0.2, 0) is 30.5 Å². The minimum atomic E-state index is -1.03. The molecule has 0 bridgehead atoms. The van der Waals surface area contributed by atoms with E-state index in [2.05, 4.69) is 26.6 Å². The number of alkyl halides is 1. The van der Waals surface area contributed by atoms with Crippen molar-refractivity contribution >= 4 is 41.1 Å². The van der Waals surface area contributed by atoms with Crippen LogP contribution in [0.2, 0.25) is 0 Å². The minimum absolute atomic E-state index is 0.00175. The van der Waals surface area contributed by atoms with Crippen molar-refractivity contribution in [2.45, 2.75) is 65.1 Å². The smallest absolute Gasteiger partial charge is 0.243 e. The zero-order valence-corrected chi connectivity index (χ0v) is 21.5. The largest absolute Gasteiger partial charge is 0.355 e. The topological polar surface area (TPSA) is 146 Å². The third kappa shape index (κ3) is 14.0. The molecule has 0 aliphatic heterocycles. The van der Waals surface area contributed by atoms with Gasteiger partial charge in [-0.1, -0.05) is 29.8 Å². The number of nitrogens with one attached hydrogen (secondary N) is 5. The lowest BCUT2D eigenvalue weighted by Gasteiger charge is -2.22. The molecular formula is C24H36ClN5O5. The van der Waals surface area contributed by atoms with Gasteiger partial charge in [0.05, 0.1) is 6.54 Å². The summed E-state index contributed by atoms with van der Waals surface area (Å²) < 4.78 is 0. The van der Waals surface area contributed by atoms with Gasteiger partial charge in [-0.05, 0) is 39.7 Å². The number of aryl methyl sites for hydroxylation is 1. The molecule has 0 heterocycles. The molecule has 0 saturated heterocycles. The molecule has 1 rings (SSSR count). The standard InChI is InChI=1S/C24H36ClN5O5/c1-16-5-7-17(8-6-16)14-27-22(34)15-28-23(35)18(9-10-20(32)30-24(2,3)4)29-19(31)11-12-26-21(33)13-25/h5-8,18H,9-15H2,1-4H3,(H,26,33)(H,27,34)(H,28,35)(H,29,31)(H,30,32)/t18-/m0/s1. The molecule has 194 valence electrons. The van der Waals surface area contributed by atoms with Gasteiger partial charge in [0.25, 0.3) is 0 Å². The van der Waals surface area contributed by atoms with Gasteiger partial charge < -0.3 is 26.6 Å². The summed E-state index contributed by atoms with van der Waals surface area (Å²) in [5.74, 6) is -2.36. The number of amides is 5. The van der Waals surface area contributed by atoms with Gasteiger partial charge in [0.1, 0.15) is 11.9 Å². The van der Waals surface area contributed by atoms with E-state index in [9.17, 15) is 24.0 Å². The molecular weight excluding hydrogens is 474 g/mol. The van der Waals surface area contributed by atoms with Gasteiger partial charge in [-0.15, -0.1) is 11.6 Å². The Kier molecular flexibility index (Phi) is 12.8. The zero-order chi connectivity index (χ0) is 26.4. The molecule has 1 aromatic rings. The molecule has 11 heteroatoms. The van der Waals surface area contributed by atoms with Crippen LogP contribution in [-0.4, -0.2) is 60.1 Å². The third-order valence-corrected chi connectivity index (χ3v) is 4.90. The number of carbonyl (C=O) groups is 5. The van der Waals surface area contributed by atoms with E-state index in [-0.39, 0.29) is 44.1 Å². The first-order valence-corrected chi connectivity index (χ1v) is 12.0. The van der Waals surface area contributed by atoms with Gasteiger partial charge in [-0.25, -0.2) is 0 Å². The number of halogens is 1. The van der Waals surface area contributed by atoms with Crippen molar-refractivity contribution in [3.8, 4) is 0 Å². The molecule has 0 saturated carbocycles. The van der Waals surface area contributed by atoms with Gasteiger partial charge in [0, 0.05) is 31.5 Å². The van der Waals surface area contributed by atoms with Gasteiger partial charge in [-0.3, -0.25) is 24.0 Å². The van der Waals surface area contributed by atoms with Gasteiger partial charge in [-0.2, -0.15) is 0 Å². The van der Waals surface area contributed by atoms with Crippen LogP contribution >= 0.6 is 11.6 Å². The number of carbonyl (C=O) groups excluding carboxylic acids is 5. The molecule has 5 N–H and O–H groups in total. The fourth-order valence-electron chi connectivity index (χ4n) is 2.91. The molecule has 1 aromatic carbocycles. The zero-order valence-electron chi connectivity index (χ0n) is 20.8. The quantitative estimate of drug-likeness (QED) is 0.248. The maximum atomic E-state index is 12.7. The molecule has 0 unspecified atom stereocenters.